The third-order valence-electron chi connectivity index (χ3n) is 19.4. The summed E-state index contributed by atoms with van der Waals surface area (Å²) in [6, 6.07) is 0.363. The number of thiazole rings is 1. The van der Waals surface area contributed by atoms with Gasteiger partial charge in [-0.15, -0.1) is 34.9 Å². The van der Waals surface area contributed by atoms with Crippen molar-refractivity contribution in [1.82, 2.24) is 36.1 Å². The van der Waals surface area contributed by atoms with Gasteiger partial charge in [-0.3, -0.25) is 76.8 Å². The van der Waals surface area contributed by atoms with Crippen LogP contribution in [0.25, 0.3) is 0 Å². The molecule has 1 aromatic heterocycles. The number of carboxylic acids is 3. The van der Waals surface area contributed by atoms with Crippen LogP contribution in [0.3, 0.4) is 0 Å². The molecule has 1 aliphatic rings. The van der Waals surface area contributed by atoms with Crippen LogP contribution in [0.15, 0.2) is 23.6 Å². The minimum atomic E-state index is -1.31. The number of nitrogens with zero attached hydrogens (tertiary/aromatic N) is 3. The predicted molar refractivity (Wildman–Crippen MR) is 411 cm³/mol. The summed E-state index contributed by atoms with van der Waals surface area (Å²) in [5.74, 6) is -15.7. The number of hydrogen-bond donors (Lipinski definition) is 8. The first-order valence-electron chi connectivity index (χ1n) is 37.0. The number of Topliss-reactive ketones (excluding diaryl/α,β-unsaturated/α-hetero) is 4. The zero-order valence-electron chi connectivity index (χ0n) is 66.1. The van der Waals surface area contributed by atoms with Gasteiger partial charge in [0.2, 0.25) is 29.5 Å². The summed E-state index contributed by atoms with van der Waals surface area (Å²) in [4.78, 5) is 209. The Hall–Kier alpha value is -7.72. The molecule has 12 atom stereocenters. The molecular weight excluding hydrogens is 1470 g/mol. The summed E-state index contributed by atoms with van der Waals surface area (Å²) in [5, 5.41) is 42.5. The van der Waals surface area contributed by atoms with Gasteiger partial charge in [-0.1, -0.05) is 81.7 Å². The van der Waals surface area contributed by atoms with Crippen molar-refractivity contribution in [3.8, 4) is 5.75 Å². The van der Waals surface area contributed by atoms with E-state index < -0.39 is 166 Å². The molecule has 1 aliphatic heterocycles. The summed E-state index contributed by atoms with van der Waals surface area (Å²) in [6.45, 7) is 23.3. The number of anilines is 1. The largest absolute Gasteiger partial charge is 0.481 e. The Balaban J connectivity index is 2.04. The second kappa shape index (κ2) is 46.8. The zero-order chi connectivity index (χ0) is 82.3. The first-order valence-corrected chi connectivity index (χ1v) is 40.0. The summed E-state index contributed by atoms with van der Waals surface area (Å²) in [6.07, 6.45) is -2.31. The molecule has 8 N–H and O–H groups in total. The Bertz CT molecular complexity index is 3470. The number of nitrogens with one attached hydrogen (secondary N) is 5. The van der Waals surface area contributed by atoms with Crippen LogP contribution < -0.4 is 31.3 Å². The van der Waals surface area contributed by atoms with Crippen LogP contribution >= 0.6 is 34.9 Å². The van der Waals surface area contributed by atoms with Crippen molar-refractivity contribution in [3.05, 3.63) is 39.8 Å². The molecule has 610 valence electrons. The average Bonchev–Trinajstić information content (AvgIpc) is 1.82. The van der Waals surface area contributed by atoms with Gasteiger partial charge in [-0.05, 0) is 95.5 Å². The van der Waals surface area contributed by atoms with E-state index in [1.165, 1.54) is 51.3 Å². The van der Waals surface area contributed by atoms with Crippen LogP contribution in [0.4, 0.5) is 5.69 Å². The van der Waals surface area contributed by atoms with Gasteiger partial charge in [0.05, 0.1) is 48.9 Å². The summed E-state index contributed by atoms with van der Waals surface area (Å²) in [7, 11) is 5.27. The zero-order valence-corrected chi connectivity index (χ0v) is 68.5. The average molecular weight is 1590 g/mol. The van der Waals surface area contributed by atoms with Crippen molar-refractivity contribution in [1.29, 1.82) is 0 Å². The van der Waals surface area contributed by atoms with E-state index in [2.05, 4.69) is 31.6 Å². The van der Waals surface area contributed by atoms with E-state index in [0.29, 0.717) is 12.0 Å². The van der Waals surface area contributed by atoms with Gasteiger partial charge in [0.15, 0.2) is 23.4 Å². The normalized spacial score (nSPS) is 21.8. The SMILES string of the molecule is CC[C@H](C)[C@H](CC(=O)C(C)(C)N(C)C)C(=O)N(C)[C@H](C[C@@H](OC(C)=O)c1nc(C(=O)N[C@@H](Cc2ccc3c(c2)NC(=O)C(C)NC(=O)C(C(C)C)CC(=O)CCOCCNC(=O)CC(C(=O)O)SCSC(C(=O)O)CC(=O)CCCOCCC(=O)NC(C(C)C)C(=O)CC(C)C(=O)O3)CC(C)C(=O)O)cs1)C(C)C. The molecule has 0 radical (unpaired) electrons. The first-order chi connectivity index (χ1) is 51.0. The van der Waals surface area contributed by atoms with Gasteiger partial charge in [0.1, 0.15) is 38.8 Å². The van der Waals surface area contributed by atoms with Crippen molar-refractivity contribution in [2.24, 2.45) is 47.3 Å². The second-order valence-electron chi connectivity index (χ2n) is 29.7. The van der Waals surface area contributed by atoms with Crippen molar-refractivity contribution >= 4 is 129 Å². The van der Waals surface area contributed by atoms with Gasteiger partial charge in [0, 0.05) is 119 Å². The van der Waals surface area contributed by atoms with Crippen LogP contribution in [0.5, 0.6) is 5.75 Å². The number of thioether (sulfide) groups is 2. The van der Waals surface area contributed by atoms with Gasteiger partial charge in [0.25, 0.3) is 5.91 Å². The van der Waals surface area contributed by atoms with Crippen molar-refractivity contribution in [2.75, 3.05) is 64.5 Å². The van der Waals surface area contributed by atoms with Gasteiger partial charge < -0.3 is 65.8 Å². The van der Waals surface area contributed by atoms with E-state index in [9.17, 15) is 87.2 Å². The van der Waals surface area contributed by atoms with Crippen LogP contribution in [0, 0.1) is 47.3 Å². The number of carbonyl (C=O) groups is 15. The van der Waals surface area contributed by atoms with E-state index in [1.54, 1.807) is 53.7 Å². The lowest BCUT2D eigenvalue weighted by molar-refractivity contribution is -0.150. The number of hydrogen-bond acceptors (Lipinski definition) is 24. The Morgan fingerprint density at radius 2 is 1.38 bits per heavy atom. The summed E-state index contributed by atoms with van der Waals surface area (Å²) >= 11 is 2.70. The Morgan fingerprint density at radius 3 is 1.96 bits per heavy atom. The lowest BCUT2D eigenvalue weighted by Crippen LogP contribution is -2.50. The number of benzene rings is 1. The maximum absolute atomic E-state index is 14.6. The molecule has 0 saturated heterocycles. The highest BCUT2D eigenvalue weighted by molar-refractivity contribution is 8.17. The molecule has 2 heterocycles. The van der Waals surface area contributed by atoms with Crippen molar-refractivity contribution < 1.29 is 106 Å². The fourth-order valence-electron chi connectivity index (χ4n) is 11.7. The molecule has 0 saturated carbocycles. The number of carboxylic acid groups (broad SMARTS) is 3. The minimum Gasteiger partial charge on any atom is -0.481 e. The Labute approximate surface area is 652 Å². The van der Waals surface area contributed by atoms with Gasteiger partial charge in [-0.2, -0.15) is 0 Å². The number of ketones is 4. The number of ether oxygens (including phenoxy) is 4. The molecule has 0 fully saturated rings. The lowest BCUT2D eigenvalue weighted by Gasteiger charge is -2.38. The smallest absolute Gasteiger partial charge is 0.317 e. The molecule has 0 bridgehead atoms. The van der Waals surface area contributed by atoms with Crippen LogP contribution in [0.2, 0.25) is 0 Å². The molecule has 33 heteroatoms. The van der Waals surface area contributed by atoms with E-state index in [4.69, 9.17) is 18.9 Å². The molecule has 109 heavy (non-hydrogen) atoms. The summed E-state index contributed by atoms with van der Waals surface area (Å²) in [5.41, 5.74) is -0.723. The van der Waals surface area contributed by atoms with E-state index in [1.807, 2.05) is 46.4 Å². The fourth-order valence-corrected chi connectivity index (χ4v) is 15.0. The predicted octanol–water partition coefficient (Wildman–Crippen LogP) is 7.75. The third kappa shape index (κ3) is 32.6. The number of aliphatic carboxylic acids is 3. The van der Waals surface area contributed by atoms with Gasteiger partial charge >= 0.3 is 29.8 Å². The van der Waals surface area contributed by atoms with E-state index >= 15 is 0 Å². The topological polar surface area (TPSA) is 433 Å². The maximum Gasteiger partial charge on any atom is 0.317 e. The number of amides is 6. The molecule has 6 amide bonds. The highest BCUT2D eigenvalue weighted by Gasteiger charge is 2.40. The number of carbonyl (C=O) groups excluding carboxylic acids is 12. The molecule has 0 aliphatic carbocycles. The number of aromatic nitrogens is 1. The number of rotatable bonds is 24. The first kappa shape index (κ1) is 95.5. The van der Waals surface area contributed by atoms with Crippen LogP contribution in [-0.2, 0) is 87.8 Å². The lowest BCUT2D eigenvalue weighted by atomic mass is 9.81. The highest BCUT2D eigenvalue weighted by atomic mass is 32.2. The third-order valence-corrected chi connectivity index (χ3v) is 23.0. The maximum atomic E-state index is 14.6. The highest BCUT2D eigenvalue weighted by Crippen LogP contribution is 2.35. The van der Waals surface area contributed by atoms with E-state index in [0.717, 1.165) is 34.9 Å². The molecule has 2 aromatic rings. The second-order valence-corrected chi connectivity index (χ2v) is 33.4. The quantitative estimate of drug-likeness (QED) is 0.0367. The molecular formula is C76H116N8O22S3. The monoisotopic (exact) mass is 1590 g/mol. The van der Waals surface area contributed by atoms with Crippen molar-refractivity contribution in [2.45, 2.75) is 227 Å². The van der Waals surface area contributed by atoms with E-state index in [-0.39, 0.29) is 154 Å². The molecule has 1 aromatic carbocycles. The van der Waals surface area contributed by atoms with Crippen molar-refractivity contribution in [3.63, 3.8) is 0 Å². The molecule has 7 unspecified atom stereocenters. The fraction of sp³-hybridized carbons (Fsp3) is 0.684. The van der Waals surface area contributed by atoms with Crippen LogP contribution in [-0.4, -0.2) is 218 Å². The Morgan fingerprint density at radius 1 is 0.752 bits per heavy atom. The van der Waals surface area contributed by atoms with Gasteiger partial charge in [-0.25, -0.2) is 4.98 Å². The summed E-state index contributed by atoms with van der Waals surface area (Å²) < 4.78 is 22.9. The van der Waals surface area contributed by atoms with Crippen LogP contribution in [0.1, 0.15) is 201 Å². The number of fused-ring (bicyclic) bond motifs is 1. The Kier molecular flexibility index (Phi) is 41.0. The molecule has 3 rings (SSSR count). The molecule has 30 nitrogen and oxygen atoms in total. The number of esters is 2. The minimum absolute atomic E-state index is 0.00497. The molecule has 0 spiro atoms. The standard InChI is InChI=1S/C76H116N8O22S3/c1-18-44(8)54(36-63(89)76(13,14)83(15)16)71(95)84(17)57(42(4)5)37-60(105-48(12)85)70-81-56(39-107-70)69(94)79-50(30-45(9)72(96)97)32-49-21-22-59-55(33-49)80-67(92)47(11)78-68(93)53(41(2)3)34-52(87)23-27-104-29-25-77-65(91)38-62(74(100)101)109-40-108-61(73(98)99)35-51(86)20-19-26-103-28-24-64(90)82-66(43(6)7)58(88)31-46(10)75(102)106-59/h21-22,33,39,41-47,50,53-54,57,60-62,66H,18-20,23-32,34-38,40H2,1-17H3,(H,77,91)(H,78,93)(H,79,94)(H,80,92)(H,82,90)(H,96,97)(H,98,99)(H,100,101)/t44-,45?,46?,47?,50+,53?,54-,57+,60+,61?,62?,66?/m0/s1. The number of likely N-dealkylation sites (N-methyl/N-ethyl adjacent to an activating group) is 1.